The van der Waals surface area contributed by atoms with Gasteiger partial charge in [-0.25, -0.2) is 18.2 Å². The highest BCUT2D eigenvalue weighted by atomic mass is 32.2. The molecule has 186 valence electrons. The van der Waals surface area contributed by atoms with Gasteiger partial charge < -0.3 is 5.32 Å². The van der Waals surface area contributed by atoms with Crippen molar-refractivity contribution in [3.8, 4) is 0 Å². The van der Waals surface area contributed by atoms with Crippen LogP contribution in [0, 0.1) is 17.5 Å². The van der Waals surface area contributed by atoms with Crippen LogP contribution < -0.4 is 5.32 Å². The van der Waals surface area contributed by atoms with Gasteiger partial charge in [-0.1, -0.05) is 30.0 Å². The maximum Gasteiger partial charge on any atom is 0.282 e. The molecule has 11 heteroatoms. The highest BCUT2D eigenvalue weighted by Crippen LogP contribution is 2.26. The number of nitrogens with one attached hydrogen (secondary N) is 1. The van der Waals surface area contributed by atoms with Gasteiger partial charge >= 0.3 is 0 Å². The van der Waals surface area contributed by atoms with Crippen molar-refractivity contribution < 1.29 is 27.6 Å². The lowest BCUT2D eigenvalue weighted by Crippen LogP contribution is -2.35. The zero-order valence-electron chi connectivity index (χ0n) is 19.0. The molecule has 3 aromatic carbocycles. The summed E-state index contributed by atoms with van der Waals surface area (Å²) in [5.74, 6) is -3.76. The summed E-state index contributed by atoms with van der Waals surface area (Å²) in [6.07, 6.45) is 1.58. The number of rotatable bonds is 5. The van der Waals surface area contributed by atoms with E-state index in [2.05, 4.69) is 10.4 Å². The molecule has 37 heavy (non-hydrogen) atoms. The van der Waals surface area contributed by atoms with Gasteiger partial charge in [0.05, 0.1) is 23.5 Å². The lowest BCUT2D eigenvalue weighted by atomic mass is 10.1. The number of hydrogen-bond acceptors (Lipinski definition) is 5. The van der Waals surface area contributed by atoms with Gasteiger partial charge in [0.15, 0.2) is 5.04 Å². The summed E-state index contributed by atoms with van der Waals surface area (Å²) in [4.78, 5) is 38.4. The smallest absolute Gasteiger partial charge is 0.282 e. The molecule has 0 spiro atoms. The molecule has 0 aliphatic carbocycles. The number of anilines is 1. The molecular formula is C26H17F3N4O3S. The van der Waals surface area contributed by atoms with E-state index in [0.29, 0.717) is 22.5 Å². The van der Waals surface area contributed by atoms with E-state index in [9.17, 15) is 27.6 Å². The monoisotopic (exact) mass is 522 g/mol. The lowest BCUT2D eigenvalue weighted by molar-refractivity contribution is -0.129. The Morgan fingerprint density at radius 3 is 2.46 bits per heavy atom. The Hall–Kier alpha value is -4.38. The molecule has 0 atom stereocenters. The minimum absolute atomic E-state index is 0.0364. The molecule has 0 unspecified atom stereocenters. The maximum absolute atomic E-state index is 13.9. The molecule has 1 aliphatic heterocycles. The van der Waals surface area contributed by atoms with Crippen LogP contribution in [0.3, 0.4) is 0 Å². The zero-order valence-corrected chi connectivity index (χ0v) is 19.8. The van der Waals surface area contributed by atoms with Crippen LogP contribution in [0.15, 0.2) is 78.0 Å². The normalized spacial score (nSPS) is 13.5. The van der Waals surface area contributed by atoms with E-state index < -0.39 is 23.4 Å². The first-order chi connectivity index (χ1) is 17.8. The number of fused-ring (bicyclic) bond motifs is 1. The highest BCUT2D eigenvalue weighted by Gasteiger charge is 2.27. The van der Waals surface area contributed by atoms with Crippen molar-refractivity contribution in [1.29, 1.82) is 0 Å². The molecule has 0 saturated carbocycles. The van der Waals surface area contributed by atoms with E-state index in [0.717, 1.165) is 28.9 Å². The predicted octanol–water partition coefficient (Wildman–Crippen LogP) is 4.77. The lowest BCUT2D eigenvalue weighted by Gasteiger charge is -2.22. The SMILES string of the molecule is O=C(Nc1ccc(F)cc1F)C1=NN(Cc2cn(C(=O)c3ccc(F)cc3)c3ccccc23)C(=O)CS1. The number of benzene rings is 3. The summed E-state index contributed by atoms with van der Waals surface area (Å²) >= 11 is 0.894. The summed E-state index contributed by atoms with van der Waals surface area (Å²) in [5.41, 5.74) is 1.24. The largest absolute Gasteiger partial charge is 0.318 e. The quantitative estimate of drug-likeness (QED) is 0.409. The van der Waals surface area contributed by atoms with Crippen LogP contribution in [0.2, 0.25) is 0 Å². The van der Waals surface area contributed by atoms with Gasteiger partial charge in [-0.15, -0.1) is 0 Å². The van der Waals surface area contributed by atoms with Gasteiger partial charge in [-0.05, 0) is 48.0 Å². The Morgan fingerprint density at radius 2 is 1.70 bits per heavy atom. The van der Waals surface area contributed by atoms with E-state index >= 15 is 0 Å². The number of nitrogens with zero attached hydrogens (tertiary/aromatic N) is 3. The van der Waals surface area contributed by atoms with E-state index in [1.807, 2.05) is 0 Å². The third-order valence-electron chi connectivity index (χ3n) is 5.63. The fourth-order valence-electron chi connectivity index (χ4n) is 3.84. The fraction of sp³-hybridized carbons (Fsp3) is 0.0769. The van der Waals surface area contributed by atoms with E-state index in [1.165, 1.54) is 28.8 Å². The highest BCUT2D eigenvalue weighted by molar-refractivity contribution is 8.16. The van der Waals surface area contributed by atoms with Gasteiger partial charge in [0.25, 0.3) is 17.7 Å². The van der Waals surface area contributed by atoms with Gasteiger partial charge in [-0.2, -0.15) is 5.10 Å². The Labute approximate surface area is 212 Å². The number of halogens is 3. The van der Waals surface area contributed by atoms with Crippen molar-refractivity contribution in [1.82, 2.24) is 9.58 Å². The molecule has 1 aliphatic rings. The first-order valence-electron chi connectivity index (χ1n) is 11.0. The average molecular weight is 523 g/mol. The third kappa shape index (κ3) is 4.98. The van der Waals surface area contributed by atoms with Crippen LogP contribution in [0.25, 0.3) is 10.9 Å². The Balaban J connectivity index is 1.43. The Kier molecular flexibility index (Phi) is 6.53. The minimum atomic E-state index is -0.943. The summed E-state index contributed by atoms with van der Waals surface area (Å²) < 4.78 is 41.8. The van der Waals surface area contributed by atoms with Gasteiger partial charge in [0.1, 0.15) is 17.5 Å². The van der Waals surface area contributed by atoms with Crippen LogP contribution >= 0.6 is 11.8 Å². The summed E-state index contributed by atoms with van der Waals surface area (Å²) in [6, 6.07) is 15.0. The van der Waals surface area contributed by atoms with Crippen molar-refractivity contribution >= 4 is 51.1 Å². The molecule has 7 nitrogen and oxygen atoms in total. The number of carbonyl (C=O) groups excluding carboxylic acids is 3. The van der Waals surface area contributed by atoms with Crippen molar-refractivity contribution in [2.24, 2.45) is 5.10 Å². The number of thioether (sulfide) groups is 1. The number of aromatic nitrogens is 1. The van der Waals surface area contributed by atoms with Crippen LogP contribution in [-0.2, 0) is 16.1 Å². The second kappa shape index (κ2) is 9.94. The summed E-state index contributed by atoms with van der Waals surface area (Å²) in [7, 11) is 0. The van der Waals surface area contributed by atoms with E-state index in [4.69, 9.17) is 0 Å². The predicted molar refractivity (Wildman–Crippen MR) is 133 cm³/mol. The van der Waals surface area contributed by atoms with Crippen LogP contribution in [0.4, 0.5) is 18.9 Å². The molecule has 4 aromatic rings. The Morgan fingerprint density at radius 1 is 0.973 bits per heavy atom. The number of carbonyl (C=O) groups is 3. The molecule has 1 N–H and O–H groups in total. The molecular weight excluding hydrogens is 505 g/mol. The van der Waals surface area contributed by atoms with Crippen LogP contribution in [-0.4, -0.2) is 38.1 Å². The van der Waals surface area contributed by atoms with E-state index in [1.54, 1.807) is 30.5 Å². The molecule has 0 radical (unpaired) electrons. The topological polar surface area (TPSA) is 83.8 Å². The molecule has 2 heterocycles. The van der Waals surface area contributed by atoms with Gasteiger partial charge in [0.2, 0.25) is 0 Å². The Bertz CT molecular complexity index is 1580. The number of amides is 2. The van der Waals surface area contributed by atoms with Crippen molar-refractivity contribution in [3.63, 3.8) is 0 Å². The molecule has 0 fully saturated rings. The maximum atomic E-state index is 13.9. The van der Waals surface area contributed by atoms with Gasteiger partial charge in [-0.3, -0.25) is 19.0 Å². The van der Waals surface area contributed by atoms with Crippen molar-refractivity contribution in [2.45, 2.75) is 6.54 Å². The summed E-state index contributed by atoms with van der Waals surface area (Å²) in [6.45, 7) is -0.0364. The number of hydrazone groups is 1. The molecule has 0 saturated heterocycles. The standard InChI is InChI=1S/C26H17F3N4O3S/c27-17-7-5-15(6-8-17)26(36)32-12-16(19-3-1-2-4-22(19)32)13-33-23(34)14-37-25(31-33)24(35)30-21-10-9-18(28)11-20(21)29/h1-12H,13-14H2,(H,30,35). The van der Waals surface area contributed by atoms with Crippen LogP contribution in [0.5, 0.6) is 0 Å². The van der Waals surface area contributed by atoms with Crippen molar-refractivity contribution in [3.05, 3.63) is 102 Å². The zero-order chi connectivity index (χ0) is 26.1. The van der Waals surface area contributed by atoms with Crippen molar-refractivity contribution in [2.75, 3.05) is 11.1 Å². The second-order valence-electron chi connectivity index (χ2n) is 8.08. The average Bonchev–Trinajstić information content (AvgIpc) is 3.25. The number of hydrogen-bond donors (Lipinski definition) is 1. The van der Waals surface area contributed by atoms with Gasteiger partial charge in [0, 0.05) is 23.2 Å². The minimum Gasteiger partial charge on any atom is -0.318 e. The first kappa shape index (κ1) is 24.3. The molecule has 2 amide bonds. The summed E-state index contributed by atoms with van der Waals surface area (Å²) in [5, 5.41) is 8.21. The fourth-order valence-corrected chi connectivity index (χ4v) is 4.58. The second-order valence-corrected chi connectivity index (χ2v) is 9.04. The molecule has 0 bridgehead atoms. The third-order valence-corrected chi connectivity index (χ3v) is 6.56. The molecule has 1 aromatic heterocycles. The van der Waals surface area contributed by atoms with E-state index in [-0.39, 0.29) is 40.4 Å². The number of para-hydroxylation sites is 1. The van der Waals surface area contributed by atoms with Crippen LogP contribution in [0.1, 0.15) is 15.9 Å². The molecule has 5 rings (SSSR count). The first-order valence-corrected chi connectivity index (χ1v) is 12.0.